The van der Waals surface area contributed by atoms with Crippen molar-refractivity contribution in [2.45, 2.75) is 32.0 Å². The van der Waals surface area contributed by atoms with Crippen LogP contribution >= 0.6 is 0 Å². The van der Waals surface area contributed by atoms with E-state index in [1.165, 1.54) is 7.11 Å². The molecular weight excluding hydrogens is 346 g/mol. The number of para-hydroxylation sites is 1. The maximum Gasteiger partial charge on any atom is 0.323 e. The van der Waals surface area contributed by atoms with Crippen molar-refractivity contribution in [1.82, 2.24) is 15.3 Å². The fourth-order valence-electron chi connectivity index (χ4n) is 3.86. The van der Waals surface area contributed by atoms with E-state index in [0.29, 0.717) is 23.2 Å². The number of aryl methyl sites for hydroxylation is 1. The van der Waals surface area contributed by atoms with E-state index in [0.717, 1.165) is 22.2 Å². The predicted octanol–water partition coefficient (Wildman–Crippen LogP) is 1.85. The summed E-state index contributed by atoms with van der Waals surface area (Å²) in [6, 6.07) is 6.81. The summed E-state index contributed by atoms with van der Waals surface area (Å²) < 4.78 is 4.95. The Morgan fingerprint density at radius 1 is 1.37 bits per heavy atom. The van der Waals surface area contributed by atoms with Gasteiger partial charge in [0.15, 0.2) is 0 Å². The molecule has 1 aliphatic rings. The number of carbonyl (C=O) groups is 1. The van der Waals surface area contributed by atoms with Crippen molar-refractivity contribution < 1.29 is 19.7 Å². The van der Waals surface area contributed by atoms with Gasteiger partial charge in [-0.1, -0.05) is 18.2 Å². The lowest BCUT2D eigenvalue weighted by Crippen LogP contribution is -2.45. The van der Waals surface area contributed by atoms with Gasteiger partial charge in [-0.15, -0.1) is 0 Å². The predicted molar refractivity (Wildman–Crippen MR) is 99.3 cm³/mol. The summed E-state index contributed by atoms with van der Waals surface area (Å²) >= 11 is 0. The van der Waals surface area contributed by atoms with Crippen LogP contribution in [0.3, 0.4) is 0 Å². The minimum Gasteiger partial charge on any atom is -0.506 e. The number of rotatable bonds is 3. The number of aliphatic hydroxyl groups is 1. The Hall–Kier alpha value is -2.90. The van der Waals surface area contributed by atoms with Crippen LogP contribution in [-0.2, 0) is 22.6 Å². The average molecular weight is 367 g/mol. The van der Waals surface area contributed by atoms with Crippen LogP contribution in [0, 0.1) is 6.92 Å². The number of aliphatic hydroxyl groups excluding tert-OH is 1. The lowest BCUT2D eigenvalue weighted by atomic mass is 9.88. The van der Waals surface area contributed by atoms with E-state index in [9.17, 15) is 15.0 Å². The molecule has 2 atom stereocenters. The zero-order valence-corrected chi connectivity index (χ0v) is 15.1. The first-order valence-corrected chi connectivity index (χ1v) is 8.76. The fourth-order valence-corrected chi connectivity index (χ4v) is 3.86. The normalized spacial score (nSPS) is 19.1. The molecule has 3 aromatic rings. The van der Waals surface area contributed by atoms with E-state index in [1.807, 2.05) is 24.3 Å². The third kappa shape index (κ3) is 2.75. The summed E-state index contributed by atoms with van der Waals surface area (Å²) in [7, 11) is 1.36. The molecule has 0 fully saturated rings. The quantitative estimate of drug-likeness (QED) is 0.526. The molecule has 0 bridgehead atoms. The highest BCUT2D eigenvalue weighted by molar-refractivity contribution is 5.87. The van der Waals surface area contributed by atoms with Crippen LogP contribution in [0.2, 0.25) is 0 Å². The molecule has 2 aromatic heterocycles. The van der Waals surface area contributed by atoms with Crippen LogP contribution in [0.4, 0.5) is 0 Å². The number of pyridine rings is 1. The zero-order chi connectivity index (χ0) is 19.1. The number of benzene rings is 1. The first kappa shape index (κ1) is 17.5. The fraction of sp³-hybridized carbons (Fsp3) is 0.300. The van der Waals surface area contributed by atoms with Crippen molar-refractivity contribution in [2.75, 3.05) is 7.11 Å². The van der Waals surface area contributed by atoms with Crippen molar-refractivity contribution in [1.29, 1.82) is 0 Å². The van der Waals surface area contributed by atoms with Crippen LogP contribution < -0.4 is 5.32 Å². The zero-order valence-electron chi connectivity index (χ0n) is 15.1. The van der Waals surface area contributed by atoms with Gasteiger partial charge >= 0.3 is 5.97 Å². The summed E-state index contributed by atoms with van der Waals surface area (Å²) in [6.07, 6.45) is 2.03. The third-order valence-corrected chi connectivity index (χ3v) is 5.21. The molecule has 1 aliphatic heterocycles. The van der Waals surface area contributed by atoms with Gasteiger partial charge in [0.05, 0.1) is 25.5 Å². The molecule has 0 saturated heterocycles. The van der Waals surface area contributed by atoms with Gasteiger partial charge in [0, 0.05) is 40.3 Å². The van der Waals surface area contributed by atoms with Gasteiger partial charge in [-0.3, -0.25) is 15.1 Å². The van der Waals surface area contributed by atoms with Gasteiger partial charge in [-0.25, -0.2) is 0 Å². The van der Waals surface area contributed by atoms with E-state index in [4.69, 9.17) is 4.74 Å². The Bertz CT molecular complexity index is 1030. The second-order valence-corrected chi connectivity index (χ2v) is 6.73. The second-order valence-electron chi connectivity index (χ2n) is 6.73. The van der Waals surface area contributed by atoms with E-state index in [2.05, 4.69) is 15.3 Å². The van der Waals surface area contributed by atoms with Crippen molar-refractivity contribution in [3.8, 4) is 5.75 Å². The summed E-state index contributed by atoms with van der Waals surface area (Å²) in [5, 5.41) is 24.8. The third-order valence-electron chi connectivity index (χ3n) is 5.21. The highest BCUT2D eigenvalue weighted by atomic mass is 16.5. The van der Waals surface area contributed by atoms with Gasteiger partial charge in [0.1, 0.15) is 11.8 Å². The van der Waals surface area contributed by atoms with Crippen LogP contribution in [-0.4, -0.2) is 39.3 Å². The Labute approximate surface area is 156 Å². The number of hydrogen-bond acceptors (Lipinski definition) is 6. The van der Waals surface area contributed by atoms with Gasteiger partial charge in [0.2, 0.25) is 0 Å². The highest BCUT2D eigenvalue weighted by Crippen LogP contribution is 2.40. The van der Waals surface area contributed by atoms with Crippen molar-refractivity contribution >= 4 is 16.9 Å². The summed E-state index contributed by atoms with van der Waals surface area (Å²) in [5.74, 6) is -0.360. The average Bonchev–Trinajstić information content (AvgIpc) is 3.07. The molecule has 4 rings (SSSR count). The number of aromatic hydroxyl groups is 1. The molecule has 4 N–H and O–H groups in total. The lowest BCUT2D eigenvalue weighted by Gasteiger charge is -2.31. The van der Waals surface area contributed by atoms with E-state index in [-0.39, 0.29) is 18.3 Å². The van der Waals surface area contributed by atoms with Gasteiger partial charge in [-0.05, 0) is 18.6 Å². The Morgan fingerprint density at radius 3 is 2.89 bits per heavy atom. The number of H-pyrrole nitrogens is 1. The molecule has 0 aliphatic carbocycles. The number of fused-ring (bicyclic) bond motifs is 3. The summed E-state index contributed by atoms with van der Waals surface area (Å²) in [4.78, 5) is 19.8. The molecule has 0 amide bonds. The van der Waals surface area contributed by atoms with Crippen molar-refractivity contribution in [3.05, 3.63) is 58.5 Å². The summed E-state index contributed by atoms with van der Waals surface area (Å²) in [5.41, 5.74) is 4.31. The molecule has 7 nitrogen and oxygen atoms in total. The SMILES string of the molecule is COC(=O)[C@@H]1Cc2c([nH]c3ccccc23)[C@@H](c2c(CO)cnc(C)c2O)N1. The van der Waals surface area contributed by atoms with Crippen LogP contribution in [0.15, 0.2) is 30.5 Å². The Morgan fingerprint density at radius 2 is 2.15 bits per heavy atom. The number of esters is 1. The number of aromatic nitrogens is 2. The summed E-state index contributed by atoms with van der Waals surface area (Å²) in [6.45, 7) is 1.43. The first-order valence-electron chi connectivity index (χ1n) is 8.76. The van der Waals surface area contributed by atoms with E-state index in [1.54, 1.807) is 13.1 Å². The highest BCUT2D eigenvalue weighted by Gasteiger charge is 2.36. The van der Waals surface area contributed by atoms with E-state index >= 15 is 0 Å². The van der Waals surface area contributed by atoms with E-state index < -0.39 is 12.1 Å². The molecule has 7 heteroatoms. The Kier molecular flexibility index (Phi) is 4.33. The lowest BCUT2D eigenvalue weighted by molar-refractivity contribution is -0.143. The monoisotopic (exact) mass is 367 g/mol. The molecular formula is C20H21N3O4. The van der Waals surface area contributed by atoms with Crippen LogP contribution in [0.1, 0.15) is 34.1 Å². The number of nitrogens with one attached hydrogen (secondary N) is 2. The molecule has 27 heavy (non-hydrogen) atoms. The smallest absolute Gasteiger partial charge is 0.323 e. The topological polar surface area (TPSA) is 107 Å². The number of ether oxygens (including phenoxy) is 1. The minimum atomic E-state index is -0.564. The Balaban J connectivity index is 1.96. The molecule has 3 heterocycles. The molecule has 0 spiro atoms. The largest absolute Gasteiger partial charge is 0.506 e. The number of aromatic amines is 1. The maximum absolute atomic E-state index is 12.3. The molecule has 140 valence electrons. The number of carbonyl (C=O) groups excluding carboxylic acids is 1. The van der Waals surface area contributed by atoms with Crippen molar-refractivity contribution in [2.24, 2.45) is 0 Å². The molecule has 0 radical (unpaired) electrons. The van der Waals surface area contributed by atoms with Crippen molar-refractivity contribution in [3.63, 3.8) is 0 Å². The van der Waals surface area contributed by atoms with Gasteiger partial charge < -0.3 is 19.9 Å². The minimum absolute atomic E-state index is 0.00849. The maximum atomic E-state index is 12.3. The number of nitrogens with zero attached hydrogens (tertiary/aromatic N) is 1. The van der Waals surface area contributed by atoms with Gasteiger partial charge in [-0.2, -0.15) is 0 Å². The number of hydrogen-bond donors (Lipinski definition) is 4. The molecule has 0 saturated carbocycles. The molecule has 0 unspecified atom stereocenters. The number of methoxy groups -OCH3 is 1. The van der Waals surface area contributed by atoms with Crippen LogP contribution in [0.25, 0.3) is 10.9 Å². The van der Waals surface area contributed by atoms with Crippen LogP contribution in [0.5, 0.6) is 5.75 Å². The molecule has 1 aromatic carbocycles. The first-order chi connectivity index (χ1) is 13.0. The standard InChI is InChI=1S/C20H21N3O4/c1-10-19(25)16(11(9-24)8-21-10)18-17-13(7-15(23-18)20(26)27-2)12-5-3-4-6-14(12)22-17/h3-6,8,15,18,22-25H,7,9H2,1-2H3/t15-,18+/m0/s1. The second kappa shape index (κ2) is 6.68. The van der Waals surface area contributed by atoms with Gasteiger partial charge in [0.25, 0.3) is 0 Å².